The molecule has 0 saturated carbocycles. The van der Waals surface area contributed by atoms with Crippen LogP contribution in [-0.4, -0.2) is 32.3 Å². The molecular formula is C15H22N2O4. The first kappa shape index (κ1) is 17.0. The number of benzene rings is 1. The van der Waals surface area contributed by atoms with Gasteiger partial charge in [-0.3, -0.25) is 4.79 Å². The molecule has 116 valence electrons. The van der Waals surface area contributed by atoms with E-state index < -0.39 is 6.09 Å². The van der Waals surface area contributed by atoms with Crippen LogP contribution in [-0.2, 0) is 9.53 Å². The van der Waals surface area contributed by atoms with E-state index in [1.54, 1.807) is 18.2 Å². The minimum Gasteiger partial charge on any atom is -0.410 e. The highest BCUT2D eigenvalue weighted by Crippen LogP contribution is 2.28. The van der Waals surface area contributed by atoms with Gasteiger partial charge in [0.25, 0.3) is 0 Å². The van der Waals surface area contributed by atoms with Crippen molar-refractivity contribution in [3.05, 3.63) is 23.8 Å². The molecule has 0 heterocycles. The first-order chi connectivity index (χ1) is 9.97. The Morgan fingerprint density at radius 3 is 2.57 bits per heavy atom. The normalized spacial score (nSPS) is 10.3. The Bertz CT molecular complexity index is 500. The van der Waals surface area contributed by atoms with Crippen LogP contribution in [0.25, 0.3) is 0 Å². The van der Waals surface area contributed by atoms with Gasteiger partial charge in [-0.25, -0.2) is 4.79 Å². The van der Waals surface area contributed by atoms with Gasteiger partial charge in [0.05, 0.1) is 0 Å². The van der Waals surface area contributed by atoms with Gasteiger partial charge < -0.3 is 20.1 Å². The molecule has 1 aromatic carbocycles. The third-order valence-electron chi connectivity index (χ3n) is 2.77. The van der Waals surface area contributed by atoms with E-state index in [2.05, 4.69) is 10.6 Å². The molecule has 0 saturated heterocycles. The van der Waals surface area contributed by atoms with E-state index in [1.165, 1.54) is 7.05 Å². The zero-order valence-corrected chi connectivity index (χ0v) is 12.9. The number of anilines is 1. The first-order valence-corrected chi connectivity index (χ1v) is 6.89. The van der Waals surface area contributed by atoms with Crippen LogP contribution in [0.3, 0.4) is 0 Å². The van der Waals surface area contributed by atoms with Crippen molar-refractivity contribution in [2.45, 2.75) is 26.7 Å². The predicted molar refractivity (Wildman–Crippen MR) is 80.7 cm³/mol. The largest absolute Gasteiger partial charge is 0.412 e. The maximum absolute atomic E-state index is 11.7. The lowest BCUT2D eigenvalue weighted by Gasteiger charge is -2.15. The topological polar surface area (TPSA) is 76.7 Å². The van der Waals surface area contributed by atoms with E-state index in [0.29, 0.717) is 18.0 Å². The molecule has 0 aliphatic rings. The molecule has 0 aliphatic carbocycles. The molecule has 0 bridgehead atoms. The molecule has 0 spiro atoms. The fraction of sp³-hybridized carbons (Fsp3) is 0.467. The van der Waals surface area contributed by atoms with Gasteiger partial charge >= 0.3 is 6.09 Å². The maximum atomic E-state index is 11.7. The summed E-state index contributed by atoms with van der Waals surface area (Å²) < 4.78 is 10.2. The zero-order valence-electron chi connectivity index (χ0n) is 12.9. The second kappa shape index (κ2) is 8.26. The summed E-state index contributed by atoms with van der Waals surface area (Å²) in [5, 5.41) is 5.19. The molecule has 6 heteroatoms. The third-order valence-corrected chi connectivity index (χ3v) is 2.77. The second-order valence-corrected chi connectivity index (χ2v) is 4.73. The Morgan fingerprint density at radius 1 is 1.29 bits per heavy atom. The van der Waals surface area contributed by atoms with Crippen LogP contribution in [0, 0.1) is 0 Å². The monoisotopic (exact) mass is 294 g/mol. The van der Waals surface area contributed by atoms with Gasteiger partial charge in [-0.05, 0) is 36.6 Å². The molecule has 1 rings (SSSR count). The lowest BCUT2D eigenvalue weighted by molar-refractivity contribution is -0.120. The second-order valence-electron chi connectivity index (χ2n) is 4.73. The van der Waals surface area contributed by atoms with Crippen molar-refractivity contribution in [3.63, 3.8) is 0 Å². The average molecular weight is 294 g/mol. The van der Waals surface area contributed by atoms with E-state index in [0.717, 1.165) is 5.56 Å². The number of nitrogens with one attached hydrogen (secondary N) is 2. The molecule has 1 aromatic rings. The van der Waals surface area contributed by atoms with E-state index in [4.69, 9.17) is 9.47 Å². The van der Waals surface area contributed by atoms with Gasteiger partial charge in [0.15, 0.2) is 0 Å². The minimum absolute atomic E-state index is 0.0184. The van der Waals surface area contributed by atoms with Crippen LogP contribution >= 0.6 is 0 Å². The van der Waals surface area contributed by atoms with E-state index >= 15 is 0 Å². The first-order valence-electron chi connectivity index (χ1n) is 6.89. The maximum Gasteiger partial charge on any atom is 0.412 e. The quantitative estimate of drug-likeness (QED) is 0.845. The van der Waals surface area contributed by atoms with Gasteiger partial charge in [-0.15, -0.1) is 0 Å². The molecule has 0 aromatic heterocycles. The Kier molecular flexibility index (Phi) is 6.68. The summed E-state index contributed by atoms with van der Waals surface area (Å²) in [6.07, 6.45) is -0.530. The molecule has 21 heavy (non-hydrogen) atoms. The van der Waals surface area contributed by atoms with Crippen LogP contribution in [0.15, 0.2) is 18.2 Å². The molecular weight excluding hydrogens is 272 g/mol. The molecule has 0 aliphatic heterocycles. The predicted octanol–water partition coefficient (Wildman–Crippen LogP) is 2.50. The number of rotatable bonds is 6. The number of ether oxygens (including phenoxy) is 2. The summed E-state index contributed by atoms with van der Waals surface area (Å²) in [4.78, 5) is 22.9. The number of amides is 2. The summed E-state index contributed by atoms with van der Waals surface area (Å²) in [6, 6.07) is 5.10. The van der Waals surface area contributed by atoms with Crippen LogP contribution in [0.4, 0.5) is 10.5 Å². The number of hydrogen-bond donors (Lipinski definition) is 2. The van der Waals surface area contributed by atoms with Gasteiger partial charge in [-0.2, -0.15) is 0 Å². The molecule has 2 amide bonds. The summed E-state index contributed by atoms with van der Waals surface area (Å²) >= 11 is 0. The van der Waals surface area contributed by atoms with Crippen molar-refractivity contribution in [2.75, 3.05) is 25.6 Å². The molecule has 0 fully saturated rings. The third kappa shape index (κ3) is 5.43. The number of carbonyl (C=O) groups excluding carboxylic acids is 2. The lowest BCUT2D eigenvalue weighted by atomic mass is 10.0. The summed E-state index contributed by atoms with van der Waals surface area (Å²) in [7, 11) is 1.49. The van der Waals surface area contributed by atoms with Gasteiger partial charge in [0, 0.05) is 19.3 Å². The highest BCUT2D eigenvalue weighted by atomic mass is 16.5. The summed E-state index contributed by atoms with van der Waals surface area (Å²) in [5.41, 5.74) is 1.58. The van der Waals surface area contributed by atoms with Crippen LogP contribution < -0.4 is 15.4 Å². The summed E-state index contributed by atoms with van der Waals surface area (Å²) in [5.74, 6) is 0.389. The Labute approximate surface area is 124 Å². The fourth-order valence-electron chi connectivity index (χ4n) is 1.73. The van der Waals surface area contributed by atoms with Crippen LogP contribution in [0.1, 0.15) is 32.3 Å². The van der Waals surface area contributed by atoms with E-state index in [1.807, 2.05) is 20.8 Å². The number of carbonyl (C=O) groups is 2. The molecule has 2 N–H and O–H groups in total. The van der Waals surface area contributed by atoms with Crippen molar-refractivity contribution < 1.29 is 19.1 Å². The van der Waals surface area contributed by atoms with Crippen molar-refractivity contribution >= 4 is 17.7 Å². The van der Waals surface area contributed by atoms with E-state index in [9.17, 15) is 9.59 Å². The SMILES string of the molecule is CCOCC(=O)Nc1ccc(OC(=O)NC)cc1C(C)C. The van der Waals surface area contributed by atoms with Crippen molar-refractivity contribution in [3.8, 4) is 5.75 Å². The van der Waals surface area contributed by atoms with Crippen molar-refractivity contribution in [1.29, 1.82) is 0 Å². The Morgan fingerprint density at radius 2 is 2.00 bits per heavy atom. The lowest BCUT2D eigenvalue weighted by Crippen LogP contribution is -2.22. The molecule has 0 atom stereocenters. The Hall–Kier alpha value is -2.08. The minimum atomic E-state index is -0.530. The smallest absolute Gasteiger partial charge is 0.410 e. The van der Waals surface area contributed by atoms with Crippen LogP contribution in [0.5, 0.6) is 5.75 Å². The number of hydrogen-bond acceptors (Lipinski definition) is 4. The van der Waals surface area contributed by atoms with E-state index in [-0.39, 0.29) is 18.4 Å². The zero-order chi connectivity index (χ0) is 15.8. The van der Waals surface area contributed by atoms with Gasteiger partial charge in [-0.1, -0.05) is 13.8 Å². The Balaban J connectivity index is 2.89. The molecule has 0 radical (unpaired) electrons. The highest BCUT2D eigenvalue weighted by molar-refractivity contribution is 5.92. The summed E-state index contributed by atoms with van der Waals surface area (Å²) in [6.45, 7) is 6.33. The van der Waals surface area contributed by atoms with Crippen molar-refractivity contribution in [1.82, 2.24) is 5.32 Å². The van der Waals surface area contributed by atoms with Gasteiger partial charge in [0.2, 0.25) is 5.91 Å². The van der Waals surface area contributed by atoms with Crippen LogP contribution in [0.2, 0.25) is 0 Å². The van der Waals surface area contributed by atoms with Gasteiger partial charge in [0.1, 0.15) is 12.4 Å². The van der Waals surface area contributed by atoms with Crippen molar-refractivity contribution in [2.24, 2.45) is 0 Å². The standard InChI is InChI=1S/C15H22N2O4/c1-5-20-9-14(18)17-13-7-6-11(21-15(19)16-4)8-12(13)10(2)3/h6-8,10H,5,9H2,1-4H3,(H,16,19)(H,17,18). The highest BCUT2D eigenvalue weighted by Gasteiger charge is 2.12. The fourth-order valence-corrected chi connectivity index (χ4v) is 1.73. The average Bonchev–Trinajstić information content (AvgIpc) is 2.46. The molecule has 6 nitrogen and oxygen atoms in total. The molecule has 0 unspecified atom stereocenters.